The van der Waals surface area contributed by atoms with E-state index in [1.165, 1.54) is 6.26 Å². The maximum Gasteiger partial charge on any atom is 0.255 e. The molecule has 1 aromatic rings. The van der Waals surface area contributed by atoms with Gasteiger partial charge in [-0.15, -0.1) is 0 Å². The second kappa shape index (κ2) is 10.2. The van der Waals surface area contributed by atoms with Crippen LogP contribution in [0.1, 0.15) is 56.2 Å². The molecular weight excluding hydrogens is 386 g/mol. The Bertz CT molecular complexity index is 756. The van der Waals surface area contributed by atoms with Gasteiger partial charge in [0, 0.05) is 6.54 Å². The van der Waals surface area contributed by atoms with E-state index < -0.39 is 12.1 Å². The Labute approximate surface area is 178 Å². The topological polar surface area (TPSA) is 101 Å². The van der Waals surface area contributed by atoms with Crippen molar-refractivity contribution in [1.29, 1.82) is 0 Å². The number of nitrogens with zero attached hydrogens (tertiary/aromatic N) is 1. The van der Waals surface area contributed by atoms with E-state index in [2.05, 4.69) is 10.6 Å². The van der Waals surface area contributed by atoms with Crippen molar-refractivity contribution in [3.63, 3.8) is 0 Å². The Morgan fingerprint density at radius 1 is 1.33 bits per heavy atom. The van der Waals surface area contributed by atoms with Crippen LogP contribution in [0, 0.1) is 12.3 Å². The molecule has 1 aliphatic heterocycles. The van der Waals surface area contributed by atoms with Gasteiger partial charge in [0.05, 0.1) is 17.9 Å². The molecule has 8 nitrogen and oxygen atoms in total. The van der Waals surface area contributed by atoms with E-state index in [1.54, 1.807) is 13.0 Å². The lowest BCUT2D eigenvalue weighted by atomic mass is 9.83. The fourth-order valence-electron chi connectivity index (χ4n) is 3.41. The van der Waals surface area contributed by atoms with Crippen LogP contribution in [0.2, 0.25) is 0 Å². The molecule has 30 heavy (non-hydrogen) atoms. The maximum absolute atomic E-state index is 13.1. The minimum Gasteiger partial charge on any atom is -0.469 e. The zero-order valence-electron chi connectivity index (χ0n) is 18.9. The Kier molecular flexibility index (Phi) is 8.20. The molecule has 1 aliphatic rings. The number of aryl methyl sites for hydroxylation is 1. The summed E-state index contributed by atoms with van der Waals surface area (Å²) in [4.78, 5) is 40.2. The molecule has 0 aromatic carbocycles. The van der Waals surface area contributed by atoms with Gasteiger partial charge in [-0.2, -0.15) is 0 Å². The van der Waals surface area contributed by atoms with Crippen LogP contribution in [0.25, 0.3) is 0 Å². The van der Waals surface area contributed by atoms with Crippen LogP contribution >= 0.6 is 0 Å². The number of rotatable bonds is 10. The van der Waals surface area contributed by atoms with E-state index in [-0.39, 0.29) is 35.7 Å². The van der Waals surface area contributed by atoms with Crippen LogP contribution < -0.4 is 10.6 Å². The highest BCUT2D eigenvalue weighted by molar-refractivity contribution is 5.99. The van der Waals surface area contributed by atoms with Gasteiger partial charge >= 0.3 is 0 Å². The summed E-state index contributed by atoms with van der Waals surface area (Å²) in [6.45, 7) is 8.58. The van der Waals surface area contributed by atoms with Crippen LogP contribution in [0.4, 0.5) is 0 Å². The summed E-state index contributed by atoms with van der Waals surface area (Å²) in [6, 6.07) is 0.109. The molecule has 0 spiro atoms. The lowest BCUT2D eigenvalue weighted by Crippen LogP contribution is -2.54. The number of amides is 2. The molecule has 168 valence electrons. The Balaban J connectivity index is 2.14. The predicted octanol–water partition coefficient (Wildman–Crippen LogP) is 1.92. The minimum atomic E-state index is -0.773. The third kappa shape index (κ3) is 6.40. The molecule has 3 atom stereocenters. The average Bonchev–Trinajstić information content (AvgIpc) is 3.25. The number of nitrogens with one attached hydrogen (secondary N) is 2. The van der Waals surface area contributed by atoms with Crippen molar-refractivity contribution in [1.82, 2.24) is 15.5 Å². The fraction of sp³-hybridized carbons (Fsp3) is 0.682. The highest BCUT2D eigenvalue weighted by Crippen LogP contribution is 2.27. The van der Waals surface area contributed by atoms with Crippen LogP contribution in [-0.2, 0) is 14.3 Å². The number of carbonyl (C=O) groups excluding carboxylic acids is 3. The molecule has 0 saturated carbocycles. The monoisotopic (exact) mass is 421 g/mol. The standard InChI is InChI=1S/C22H35N3O5/c1-7-22(3,4)12-16(23-20(27)15-9-11-29-14(15)2)21(28)24-19-17(26)13-30-18(19)8-10-25(5)6/h9,11,16,18-19H,7-8,10,12-13H2,1-6H3,(H,23,27)(H,24,28)/t16-,18?,19?/m0/s1. The van der Waals surface area contributed by atoms with Gasteiger partial charge in [-0.25, -0.2) is 0 Å². The van der Waals surface area contributed by atoms with E-state index in [4.69, 9.17) is 9.15 Å². The van der Waals surface area contributed by atoms with Crippen LogP contribution in [0.3, 0.4) is 0 Å². The molecule has 8 heteroatoms. The van der Waals surface area contributed by atoms with Gasteiger partial charge in [-0.3, -0.25) is 14.4 Å². The smallest absolute Gasteiger partial charge is 0.255 e. The molecule has 2 unspecified atom stereocenters. The molecule has 0 aliphatic carbocycles. The second-order valence-corrected chi connectivity index (χ2v) is 9.03. The molecule has 1 fully saturated rings. The number of furan rings is 1. The summed E-state index contributed by atoms with van der Waals surface area (Å²) in [5.41, 5.74) is 0.229. The predicted molar refractivity (Wildman–Crippen MR) is 113 cm³/mol. The van der Waals surface area contributed by atoms with Gasteiger partial charge in [0.15, 0.2) is 5.78 Å². The summed E-state index contributed by atoms with van der Waals surface area (Å²) in [7, 11) is 3.89. The third-order valence-electron chi connectivity index (χ3n) is 5.76. The van der Waals surface area contributed by atoms with Gasteiger partial charge in [0.2, 0.25) is 5.91 Å². The quantitative estimate of drug-likeness (QED) is 0.599. The Morgan fingerprint density at radius 2 is 2.03 bits per heavy atom. The van der Waals surface area contributed by atoms with Crippen molar-refractivity contribution < 1.29 is 23.5 Å². The van der Waals surface area contributed by atoms with E-state index in [1.807, 2.05) is 39.8 Å². The van der Waals surface area contributed by atoms with E-state index in [0.717, 1.165) is 13.0 Å². The number of Topliss-reactive ketones (excluding diaryl/α,β-unsaturated/α-hetero) is 1. The first-order valence-electron chi connectivity index (χ1n) is 10.5. The van der Waals surface area contributed by atoms with Crippen molar-refractivity contribution >= 4 is 17.6 Å². The summed E-state index contributed by atoms with van der Waals surface area (Å²) in [6.07, 6.45) is 3.00. The summed E-state index contributed by atoms with van der Waals surface area (Å²) in [5.74, 6) is -0.390. The molecule has 0 radical (unpaired) electrons. The maximum atomic E-state index is 13.1. The lowest BCUT2D eigenvalue weighted by molar-refractivity contribution is -0.128. The molecule has 0 bridgehead atoms. The summed E-state index contributed by atoms with van der Waals surface area (Å²) in [5, 5.41) is 5.68. The zero-order valence-corrected chi connectivity index (χ0v) is 18.9. The van der Waals surface area contributed by atoms with Gasteiger partial charge < -0.3 is 24.7 Å². The van der Waals surface area contributed by atoms with Gasteiger partial charge in [0.25, 0.3) is 5.91 Å². The first kappa shape index (κ1) is 24.1. The normalized spacial score (nSPS) is 20.4. The van der Waals surface area contributed by atoms with Gasteiger partial charge in [-0.1, -0.05) is 27.2 Å². The summed E-state index contributed by atoms with van der Waals surface area (Å²) < 4.78 is 10.8. The molecule has 1 aromatic heterocycles. The number of ether oxygens (including phenoxy) is 1. The highest BCUT2D eigenvalue weighted by Gasteiger charge is 2.39. The summed E-state index contributed by atoms with van der Waals surface area (Å²) >= 11 is 0. The SMILES string of the molecule is CCC(C)(C)C[C@H](NC(=O)c1ccoc1C)C(=O)NC1C(=O)COC1CCN(C)C. The fourth-order valence-corrected chi connectivity index (χ4v) is 3.41. The van der Waals surface area contributed by atoms with Crippen molar-refractivity contribution in [2.75, 3.05) is 27.2 Å². The van der Waals surface area contributed by atoms with Gasteiger partial charge in [0.1, 0.15) is 24.5 Å². The van der Waals surface area contributed by atoms with E-state index in [9.17, 15) is 14.4 Å². The van der Waals surface area contributed by atoms with Crippen LogP contribution in [-0.4, -0.2) is 67.9 Å². The number of ketones is 1. The minimum absolute atomic E-state index is 0.00522. The largest absolute Gasteiger partial charge is 0.469 e. The molecule has 2 N–H and O–H groups in total. The van der Waals surface area contributed by atoms with Crippen LogP contribution in [0.5, 0.6) is 0 Å². The molecular formula is C22H35N3O5. The molecule has 2 heterocycles. The van der Waals surface area contributed by atoms with Crippen molar-refractivity contribution in [3.05, 3.63) is 23.7 Å². The Hall–Kier alpha value is -2.19. The van der Waals surface area contributed by atoms with E-state index in [0.29, 0.717) is 24.2 Å². The van der Waals surface area contributed by atoms with Crippen molar-refractivity contribution in [2.24, 2.45) is 5.41 Å². The van der Waals surface area contributed by atoms with E-state index >= 15 is 0 Å². The highest BCUT2D eigenvalue weighted by atomic mass is 16.5. The number of hydrogen-bond acceptors (Lipinski definition) is 6. The number of carbonyl (C=O) groups is 3. The zero-order chi connectivity index (χ0) is 22.5. The molecule has 1 saturated heterocycles. The first-order valence-corrected chi connectivity index (χ1v) is 10.5. The lowest BCUT2D eigenvalue weighted by Gasteiger charge is -2.30. The van der Waals surface area contributed by atoms with Crippen molar-refractivity contribution in [2.45, 2.75) is 65.1 Å². The van der Waals surface area contributed by atoms with Gasteiger partial charge in [-0.05, 0) is 45.3 Å². The second-order valence-electron chi connectivity index (χ2n) is 9.03. The Morgan fingerprint density at radius 3 is 2.60 bits per heavy atom. The third-order valence-corrected chi connectivity index (χ3v) is 5.76. The molecule has 2 rings (SSSR count). The average molecular weight is 422 g/mol. The number of hydrogen-bond donors (Lipinski definition) is 2. The van der Waals surface area contributed by atoms with Crippen molar-refractivity contribution in [3.8, 4) is 0 Å². The van der Waals surface area contributed by atoms with Crippen LogP contribution in [0.15, 0.2) is 16.7 Å². The molecule has 2 amide bonds. The first-order chi connectivity index (χ1) is 14.0.